The maximum Gasteiger partial charge on any atom is 0.273 e. The van der Waals surface area contributed by atoms with E-state index in [1.165, 1.54) is 6.07 Å². The van der Waals surface area contributed by atoms with Crippen molar-refractivity contribution in [1.82, 2.24) is 5.32 Å². The summed E-state index contributed by atoms with van der Waals surface area (Å²) in [5, 5.41) is 24.2. The van der Waals surface area contributed by atoms with Crippen molar-refractivity contribution < 1.29 is 10.0 Å². The Morgan fingerprint density at radius 1 is 1.12 bits per heavy atom. The highest BCUT2D eigenvalue weighted by atomic mass is 16.6. The fourth-order valence-corrected chi connectivity index (χ4v) is 2.83. The smallest absolute Gasteiger partial charge is 0.273 e. The molecule has 0 aliphatic carbocycles. The molecule has 0 amide bonds. The molecule has 0 bridgehead atoms. The van der Waals surface area contributed by atoms with E-state index < -0.39 is 0 Å². The average Bonchev–Trinajstić information content (AvgIpc) is 2.59. The minimum absolute atomic E-state index is 0.0692. The summed E-state index contributed by atoms with van der Waals surface area (Å²) in [4.78, 5) is 10.7. The Hall–Kier alpha value is -2.24. The van der Waals surface area contributed by atoms with Gasteiger partial charge in [0.15, 0.2) is 0 Å². The van der Waals surface area contributed by atoms with Crippen molar-refractivity contribution in [3.8, 4) is 0 Å². The Morgan fingerprint density at radius 3 is 2.38 bits per heavy atom. The van der Waals surface area contributed by atoms with Crippen molar-refractivity contribution in [2.45, 2.75) is 26.3 Å². The molecule has 2 N–H and O–H groups in total. The molecule has 0 saturated heterocycles. The number of aliphatic hydroxyl groups is 1. The number of nitrogens with one attached hydrogen (secondary N) is 1. The van der Waals surface area contributed by atoms with Gasteiger partial charge in [0.1, 0.15) is 0 Å². The molecule has 0 heterocycles. The van der Waals surface area contributed by atoms with Gasteiger partial charge in [0.05, 0.1) is 4.92 Å². The van der Waals surface area contributed by atoms with Crippen molar-refractivity contribution in [3.05, 3.63) is 75.8 Å². The zero-order valence-corrected chi connectivity index (χ0v) is 14.1. The number of para-hydroxylation sites is 1. The first-order valence-corrected chi connectivity index (χ1v) is 8.04. The van der Waals surface area contributed by atoms with Crippen LogP contribution in [0.25, 0.3) is 0 Å². The molecule has 0 radical (unpaired) electrons. The van der Waals surface area contributed by atoms with Crippen LogP contribution in [0.1, 0.15) is 30.9 Å². The molecule has 1 unspecified atom stereocenters. The van der Waals surface area contributed by atoms with Crippen LogP contribution in [0.5, 0.6) is 0 Å². The molecule has 2 aromatic carbocycles. The van der Waals surface area contributed by atoms with Crippen LogP contribution < -0.4 is 5.32 Å². The largest absolute Gasteiger partial charge is 0.396 e. The second-order valence-electron chi connectivity index (χ2n) is 6.63. The molecule has 5 nitrogen and oxygen atoms in total. The van der Waals surface area contributed by atoms with E-state index >= 15 is 0 Å². The lowest BCUT2D eigenvalue weighted by atomic mass is 9.75. The third-order valence-electron chi connectivity index (χ3n) is 4.41. The van der Waals surface area contributed by atoms with Crippen LogP contribution in [0.2, 0.25) is 0 Å². The van der Waals surface area contributed by atoms with Crippen LogP contribution in [-0.4, -0.2) is 23.2 Å². The van der Waals surface area contributed by atoms with Gasteiger partial charge in [0, 0.05) is 37.2 Å². The monoisotopic (exact) mass is 328 g/mol. The fraction of sp³-hybridized carbons (Fsp3) is 0.368. The molecule has 128 valence electrons. The summed E-state index contributed by atoms with van der Waals surface area (Å²) < 4.78 is 0. The number of aliphatic hydroxyl groups excluding tert-OH is 1. The van der Waals surface area contributed by atoms with E-state index in [1.807, 2.05) is 32.0 Å². The van der Waals surface area contributed by atoms with Crippen molar-refractivity contribution in [1.29, 1.82) is 0 Å². The summed E-state index contributed by atoms with van der Waals surface area (Å²) in [5.74, 6) is 0.103. The van der Waals surface area contributed by atoms with E-state index in [2.05, 4.69) is 17.4 Å². The number of hydrogen-bond donors (Lipinski definition) is 2. The first-order valence-electron chi connectivity index (χ1n) is 8.04. The standard InChI is InChI=1S/C19H24N2O3/c1-19(2,14-22)17(15-8-4-3-5-9-15)13-20-12-16-10-6-7-11-18(16)21(23)24/h3-11,17,20,22H,12-14H2,1-2H3. The summed E-state index contributed by atoms with van der Waals surface area (Å²) in [5.41, 5.74) is 1.64. The molecular weight excluding hydrogens is 304 g/mol. The van der Waals surface area contributed by atoms with Gasteiger partial charge in [-0.3, -0.25) is 10.1 Å². The van der Waals surface area contributed by atoms with Crippen LogP contribution in [0.15, 0.2) is 54.6 Å². The first-order chi connectivity index (χ1) is 11.5. The van der Waals surface area contributed by atoms with Crippen LogP contribution in [0.4, 0.5) is 5.69 Å². The van der Waals surface area contributed by atoms with E-state index in [0.29, 0.717) is 18.7 Å². The van der Waals surface area contributed by atoms with Gasteiger partial charge in [-0.1, -0.05) is 62.4 Å². The molecule has 0 aromatic heterocycles. The second kappa shape index (κ2) is 8.04. The van der Waals surface area contributed by atoms with Crippen molar-refractivity contribution >= 4 is 5.69 Å². The van der Waals surface area contributed by atoms with E-state index in [9.17, 15) is 15.2 Å². The minimum Gasteiger partial charge on any atom is -0.396 e. The van der Waals surface area contributed by atoms with Gasteiger partial charge in [0.25, 0.3) is 5.69 Å². The summed E-state index contributed by atoms with van der Waals surface area (Å²) >= 11 is 0. The lowest BCUT2D eigenvalue weighted by Crippen LogP contribution is -2.34. The highest BCUT2D eigenvalue weighted by molar-refractivity contribution is 5.39. The summed E-state index contributed by atoms with van der Waals surface area (Å²) in [6.45, 7) is 5.17. The SMILES string of the molecule is CC(C)(CO)C(CNCc1ccccc1[N+](=O)[O-])c1ccccc1. The van der Waals surface area contributed by atoms with Gasteiger partial charge >= 0.3 is 0 Å². The topological polar surface area (TPSA) is 75.4 Å². The zero-order chi connectivity index (χ0) is 17.6. The number of nitrogens with zero attached hydrogens (tertiary/aromatic N) is 1. The van der Waals surface area contributed by atoms with Gasteiger partial charge in [-0.25, -0.2) is 0 Å². The highest BCUT2D eigenvalue weighted by Crippen LogP contribution is 2.34. The van der Waals surface area contributed by atoms with Crippen LogP contribution >= 0.6 is 0 Å². The van der Waals surface area contributed by atoms with Gasteiger partial charge in [-0.15, -0.1) is 0 Å². The van der Waals surface area contributed by atoms with Crippen LogP contribution in [-0.2, 0) is 6.54 Å². The molecule has 2 aromatic rings. The molecule has 1 atom stereocenters. The molecule has 24 heavy (non-hydrogen) atoms. The molecule has 5 heteroatoms. The number of rotatable bonds is 8. The van der Waals surface area contributed by atoms with Gasteiger partial charge < -0.3 is 10.4 Å². The van der Waals surface area contributed by atoms with E-state index in [4.69, 9.17) is 0 Å². The number of hydrogen-bond acceptors (Lipinski definition) is 4. The Labute approximate surface area is 142 Å². The quantitative estimate of drug-likeness (QED) is 0.574. The van der Waals surface area contributed by atoms with E-state index in [-0.39, 0.29) is 28.6 Å². The summed E-state index contributed by atoms with van der Waals surface area (Å²) in [7, 11) is 0. The number of nitro benzene ring substituents is 1. The average molecular weight is 328 g/mol. The minimum atomic E-state index is -0.358. The molecule has 0 aliphatic rings. The van der Waals surface area contributed by atoms with Crippen LogP contribution in [0.3, 0.4) is 0 Å². The lowest BCUT2D eigenvalue weighted by molar-refractivity contribution is -0.385. The lowest BCUT2D eigenvalue weighted by Gasteiger charge is -2.33. The molecule has 2 rings (SSSR count). The molecule has 0 fully saturated rings. The summed E-state index contributed by atoms with van der Waals surface area (Å²) in [6, 6.07) is 16.8. The predicted octanol–water partition coefficient (Wildman–Crippen LogP) is 3.49. The number of nitro groups is 1. The summed E-state index contributed by atoms with van der Waals surface area (Å²) in [6.07, 6.45) is 0. The third kappa shape index (κ3) is 4.40. The van der Waals surface area contributed by atoms with Gasteiger partial charge in [-0.2, -0.15) is 0 Å². The normalized spacial score (nSPS) is 12.8. The predicted molar refractivity (Wildman–Crippen MR) is 94.9 cm³/mol. The maximum absolute atomic E-state index is 11.1. The van der Waals surface area contributed by atoms with Crippen molar-refractivity contribution in [2.75, 3.05) is 13.2 Å². The number of benzene rings is 2. The first kappa shape index (κ1) is 18.1. The molecule has 0 saturated carbocycles. The van der Waals surface area contributed by atoms with Crippen molar-refractivity contribution in [3.63, 3.8) is 0 Å². The molecular formula is C19H24N2O3. The van der Waals surface area contributed by atoms with Gasteiger partial charge in [0.2, 0.25) is 0 Å². The fourth-order valence-electron chi connectivity index (χ4n) is 2.83. The Balaban J connectivity index is 2.11. The highest BCUT2D eigenvalue weighted by Gasteiger charge is 2.30. The van der Waals surface area contributed by atoms with Crippen LogP contribution in [0, 0.1) is 15.5 Å². The Bertz CT molecular complexity index is 671. The van der Waals surface area contributed by atoms with Gasteiger partial charge in [-0.05, 0) is 11.0 Å². The van der Waals surface area contributed by atoms with Crippen molar-refractivity contribution in [2.24, 2.45) is 5.41 Å². The Kier molecular flexibility index (Phi) is 6.06. The maximum atomic E-state index is 11.1. The van der Waals surface area contributed by atoms with E-state index in [1.54, 1.807) is 18.2 Å². The zero-order valence-electron chi connectivity index (χ0n) is 14.1. The third-order valence-corrected chi connectivity index (χ3v) is 4.41. The van der Waals surface area contributed by atoms with E-state index in [0.717, 1.165) is 5.56 Å². The molecule has 0 spiro atoms. The second-order valence-corrected chi connectivity index (χ2v) is 6.63. The Morgan fingerprint density at radius 2 is 1.75 bits per heavy atom. The molecule has 0 aliphatic heterocycles.